The van der Waals surface area contributed by atoms with Crippen molar-refractivity contribution in [2.24, 2.45) is 5.92 Å². The Labute approximate surface area is 148 Å². The van der Waals surface area contributed by atoms with Crippen molar-refractivity contribution in [3.63, 3.8) is 0 Å². The van der Waals surface area contributed by atoms with Crippen LogP contribution in [0.4, 0.5) is 11.4 Å². The van der Waals surface area contributed by atoms with E-state index in [9.17, 15) is 14.9 Å². The predicted molar refractivity (Wildman–Crippen MR) is 97.8 cm³/mol. The molecule has 1 saturated heterocycles. The number of amides is 1. The van der Waals surface area contributed by atoms with E-state index in [0.717, 1.165) is 31.9 Å². The van der Waals surface area contributed by atoms with Crippen molar-refractivity contribution < 1.29 is 9.72 Å². The average Bonchev–Trinajstić information content (AvgIpc) is 2.62. The van der Waals surface area contributed by atoms with Gasteiger partial charge in [-0.15, -0.1) is 0 Å². The summed E-state index contributed by atoms with van der Waals surface area (Å²) in [4.78, 5) is 27.3. The van der Waals surface area contributed by atoms with Crippen LogP contribution >= 0.6 is 0 Å². The molecule has 1 aromatic carbocycles. The van der Waals surface area contributed by atoms with Crippen molar-refractivity contribution in [2.45, 2.75) is 45.4 Å². The lowest BCUT2D eigenvalue weighted by Gasteiger charge is -2.37. The number of nitro benzene ring substituents is 1. The molecule has 2 aliphatic rings. The SMILES string of the molecule is Cc1cc(N2CCN(C(=O)CC3CCCCC3)CC2)ccc1[N+](=O)[O-]. The first-order valence-electron chi connectivity index (χ1n) is 9.32. The lowest BCUT2D eigenvalue weighted by molar-refractivity contribution is -0.385. The van der Waals surface area contributed by atoms with Crippen LogP contribution in [-0.2, 0) is 4.79 Å². The normalized spacial score (nSPS) is 19.1. The molecule has 6 nitrogen and oxygen atoms in total. The second-order valence-electron chi connectivity index (χ2n) is 7.30. The molecular formula is C19H27N3O3. The molecule has 0 unspecified atom stereocenters. The number of carbonyl (C=O) groups is 1. The Morgan fingerprint density at radius 2 is 1.84 bits per heavy atom. The molecule has 0 aromatic heterocycles. The Kier molecular flexibility index (Phi) is 5.56. The lowest BCUT2D eigenvalue weighted by Crippen LogP contribution is -2.49. The topological polar surface area (TPSA) is 66.7 Å². The molecule has 0 N–H and O–H groups in total. The summed E-state index contributed by atoms with van der Waals surface area (Å²) in [6.45, 7) is 4.82. The second-order valence-corrected chi connectivity index (χ2v) is 7.30. The Hall–Kier alpha value is -2.11. The van der Waals surface area contributed by atoms with Gasteiger partial charge in [0.25, 0.3) is 5.69 Å². The molecule has 6 heteroatoms. The third kappa shape index (κ3) is 4.30. The van der Waals surface area contributed by atoms with Gasteiger partial charge in [-0.25, -0.2) is 0 Å². The van der Waals surface area contributed by atoms with E-state index >= 15 is 0 Å². The van der Waals surface area contributed by atoms with Crippen molar-refractivity contribution in [2.75, 3.05) is 31.1 Å². The van der Waals surface area contributed by atoms with Gasteiger partial charge in [0.15, 0.2) is 0 Å². The van der Waals surface area contributed by atoms with Gasteiger partial charge >= 0.3 is 0 Å². The summed E-state index contributed by atoms with van der Waals surface area (Å²) in [7, 11) is 0. The van der Waals surface area contributed by atoms with Gasteiger partial charge in [0.05, 0.1) is 4.92 Å². The molecule has 1 aliphatic carbocycles. The number of carbonyl (C=O) groups excluding carboxylic acids is 1. The fourth-order valence-corrected chi connectivity index (χ4v) is 4.02. The maximum Gasteiger partial charge on any atom is 0.272 e. The molecule has 1 aromatic rings. The third-order valence-electron chi connectivity index (χ3n) is 5.56. The van der Waals surface area contributed by atoms with E-state index in [1.54, 1.807) is 13.0 Å². The smallest absolute Gasteiger partial charge is 0.272 e. The monoisotopic (exact) mass is 345 g/mol. The first-order valence-corrected chi connectivity index (χ1v) is 9.32. The van der Waals surface area contributed by atoms with Gasteiger partial charge in [-0.3, -0.25) is 14.9 Å². The Balaban J connectivity index is 1.53. The van der Waals surface area contributed by atoms with E-state index in [2.05, 4.69) is 4.90 Å². The highest BCUT2D eigenvalue weighted by atomic mass is 16.6. The lowest BCUT2D eigenvalue weighted by atomic mass is 9.86. The van der Waals surface area contributed by atoms with Crippen molar-refractivity contribution in [3.05, 3.63) is 33.9 Å². The largest absolute Gasteiger partial charge is 0.368 e. The summed E-state index contributed by atoms with van der Waals surface area (Å²) in [6, 6.07) is 5.26. The highest BCUT2D eigenvalue weighted by Crippen LogP contribution is 2.28. The first-order chi connectivity index (χ1) is 12.0. The van der Waals surface area contributed by atoms with Crippen LogP contribution in [-0.4, -0.2) is 41.9 Å². The van der Waals surface area contributed by atoms with Gasteiger partial charge in [0.2, 0.25) is 5.91 Å². The van der Waals surface area contributed by atoms with E-state index in [0.29, 0.717) is 23.8 Å². The standard InChI is InChI=1S/C19H27N3O3/c1-15-13-17(7-8-18(15)22(24)25)20-9-11-21(12-10-20)19(23)14-16-5-3-2-4-6-16/h7-8,13,16H,2-6,9-12,14H2,1H3. The molecule has 2 fully saturated rings. The summed E-state index contributed by atoms with van der Waals surface area (Å²) in [5.41, 5.74) is 1.84. The summed E-state index contributed by atoms with van der Waals surface area (Å²) in [5, 5.41) is 10.9. The Morgan fingerprint density at radius 3 is 2.44 bits per heavy atom. The second kappa shape index (κ2) is 7.85. The van der Waals surface area contributed by atoms with Crippen molar-refractivity contribution in [3.8, 4) is 0 Å². The zero-order chi connectivity index (χ0) is 17.8. The highest BCUT2D eigenvalue weighted by molar-refractivity contribution is 5.76. The van der Waals surface area contributed by atoms with E-state index in [4.69, 9.17) is 0 Å². The number of rotatable bonds is 4. The molecule has 1 amide bonds. The van der Waals surface area contributed by atoms with Crippen molar-refractivity contribution in [1.29, 1.82) is 0 Å². The van der Waals surface area contributed by atoms with Crippen LogP contribution in [0.5, 0.6) is 0 Å². The van der Waals surface area contributed by atoms with Crippen LogP contribution in [0.2, 0.25) is 0 Å². The number of benzene rings is 1. The van der Waals surface area contributed by atoms with Crippen LogP contribution < -0.4 is 4.90 Å². The summed E-state index contributed by atoms with van der Waals surface area (Å²) < 4.78 is 0. The zero-order valence-electron chi connectivity index (χ0n) is 14.9. The molecule has 1 heterocycles. The summed E-state index contributed by atoms with van der Waals surface area (Å²) in [5.74, 6) is 0.878. The molecule has 0 bridgehead atoms. The quantitative estimate of drug-likeness (QED) is 0.618. The van der Waals surface area contributed by atoms with E-state index < -0.39 is 0 Å². The summed E-state index contributed by atoms with van der Waals surface area (Å²) in [6.07, 6.45) is 6.96. The minimum absolute atomic E-state index is 0.157. The molecule has 1 saturated carbocycles. The van der Waals surface area contributed by atoms with Gasteiger partial charge in [-0.2, -0.15) is 0 Å². The minimum Gasteiger partial charge on any atom is -0.368 e. The van der Waals surface area contributed by atoms with Crippen LogP contribution in [0.1, 0.15) is 44.1 Å². The van der Waals surface area contributed by atoms with Crippen LogP contribution in [0, 0.1) is 23.0 Å². The van der Waals surface area contributed by atoms with Crippen LogP contribution in [0.15, 0.2) is 18.2 Å². The molecule has 3 rings (SSSR count). The summed E-state index contributed by atoms with van der Waals surface area (Å²) >= 11 is 0. The number of hydrogen-bond acceptors (Lipinski definition) is 4. The maximum absolute atomic E-state index is 12.5. The maximum atomic E-state index is 12.5. The zero-order valence-corrected chi connectivity index (χ0v) is 14.9. The first kappa shape index (κ1) is 17.7. The molecule has 0 spiro atoms. The molecule has 25 heavy (non-hydrogen) atoms. The van der Waals surface area contributed by atoms with Gasteiger partial charge in [0.1, 0.15) is 0 Å². The van der Waals surface area contributed by atoms with Gasteiger partial charge in [-0.1, -0.05) is 19.3 Å². The molecule has 0 radical (unpaired) electrons. The molecule has 0 atom stereocenters. The number of hydrogen-bond donors (Lipinski definition) is 0. The number of nitro groups is 1. The fraction of sp³-hybridized carbons (Fsp3) is 0.632. The van der Waals surface area contributed by atoms with Crippen molar-refractivity contribution in [1.82, 2.24) is 4.90 Å². The number of nitrogens with zero attached hydrogens (tertiary/aromatic N) is 3. The number of anilines is 1. The third-order valence-corrected chi connectivity index (χ3v) is 5.56. The van der Waals surface area contributed by atoms with Crippen LogP contribution in [0.3, 0.4) is 0 Å². The Morgan fingerprint density at radius 1 is 1.16 bits per heavy atom. The van der Waals surface area contributed by atoms with E-state index in [-0.39, 0.29) is 10.6 Å². The highest BCUT2D eigenvalue weighted by Gasteiger charge is 2.25. The fourth-order valence-electron chi connectivity index (χ4n) is 4.02. The van der Waals surface area contributed by atoms with Crippen LogP contribution in [0.25, 0.3) is 0 Å². The number of piperazine rings is 1. The van der Waals surface area contributed by atoms with Gasteiger partial charge in [-0.05, 0) is 37.8 Å². The van der Waals surface area contributed by atoms with E-state index in [1.807, 2.05) is 17.0 Å². The molecule has 1 aliphatic heterocycles. The molecular weight excluding hydrogens is 318 g/mol. The minimum atomic E-state index is -0.346. The average molecular weight is 345 g/mol. The van der Waals surface area contributed by atoms with Crippen molar-refractivity contribution >= 4 is 17.3 Å². The molecule has 136 valence electrons. The van der Waals surface area contributed by atoms with E-state index in [1.165, 1.54) is 32.1 Å². The van der Waals surface area contributed by atoms with Gasteiger partial charge < -0.3 is 9.80 Å². The predicted octanol–water partition coefficient (Wildman–Crippen LogP) is 3.52. The Bertz CT molecular complexity index is 633. The van der Waals surface area contributed by atoms with Gasteiger partial charge in [0, 0.05) is 49.9 Å². The number of aryl methyl sites for hydroxylation is 1.